The lowest BCUT2D eigenvalue weighted by Crippen LogP contribution is -2.38. The highest BCUT2D eigenvalue weighted by molar-refractivity contribution is 5.85. The number of amides is 2. The van der Waals surface area contributed by atoms with Crippen LogP contribution in [0.3, 0.4) is 0 Å². The van der Waals surface area contributed by atoms with Crippen molar-refractivity contribution in [2.45, 2.75) is 27.2 Å². The van der Waals surface area contributed by atoms with E-state index in [1.165, 1.54) is 0 Å². The topological polar surface area (TPSA) is 58.2 Å². The Kier molecular flexibility index (Phi) is 5.93. The van der Waals surface area contributed by atoms with Gasteiger partial charge in [0.05, 0.1) is 6.54 Å². The number of rotatable bonds is 5. The van der Waals surface area contributed by atoms with E-state index in [0.717, 1.165) is 6.42 Å². The Morgan fingerprint density at radius 3 is 2.31 bits per heavy atom. The minimum absolute atomic E-state index is 0.0704. The highest BCUT2D eigenvalue weighted by atomic mass is 16.2. The van der Waals surface area contributed by atoms with Gasteiger partial charge >= 0.3 is 0 Å². The Bertz CT molecular complexity index is 178. The molecule has 0 saturated heterocycles. The van der Waals surface area contributed by atoms with E-state index >= 15 is 0 Å². The lowest BCUT2D eigenvalue weighted by molar-refractivity contribution is -0.127. The highest BCUT2D eigenvalue weighted by Gasteiger charge is 2.07. The first-order valence-electron chi connectivity index (χ1n) is 4.62. The highest BCUT2D eigenvalue weighted by Crippen LogP contribution is 1.89. The third-order valence-electron chi connectivity index (χ3n) is 1.52. The van der Waals surface area contributed by atoms with Crippen LogP contribution in [-0.2, 0) is 9.59 Å². The van der Waals surface area contributed by atoms with Gasteiger partial charge in [0.2, 0.25) is 11.8 Å². The fourth-order valence-corrected chi connectivity index (χ4v) is 0.698. The van der Waals surface area contributed by atoms with E-state index in [2.05, 4.69) is 10.6 Å². The molecule has 0 rings (SSSR count). The third kappa shape index (κ3) is 6.13. The monoisotopic (exact) mass is 186 g/mol. The summed E-state index contributed by atoms with van der Waals surface area (Å²) >= 11 is 0. The van der Waals surface area contributed by atoms with Crippen molar-refractivity contribution in [3.05, 3.63) is 0 Å². The summed E-state index contributed by atoms with van der Waals surface area (Å²) in [6.07, 6.45) is 0.907. The first kappa shape index (κ1) is 11.9. The van der Waals surface area contributed by atoms with Crippen molar-refractivity contribution in [2.24, 2.45) is 5.92 Å². The number of hydrogen-bond donors (Lipinski definition) is 2. The summed E-state index contributed by atoms with van der Waals surface area (Å²) in [6, 6.07) is 0. The van der Waals surface area contributed by atoms with Crippen molar-refractivity contribution >= 4 is 11.8 Å². The maximum atomic E-state index is 11.0. The number of nitrogens with one attached hydrogen (secondary N) is 2. The molecule has 0 radical (unpaired) electrons. The second kappa shape index (κ2) is 6.46. The molecule has 0 atom stereocenters. The maximum Gasteiger partial charge on any atom is 0.239 e. The van der Waals surface area contributed by atoms with Crippen LogP contribution in [0.4, 0.5) is 0 Å². The summed E-state index contributed by atoms with van der Waals surface area (Å²) in [6.45, 7) is 6.30. The molecule has 0 saturated carbocycles. The second-order valence-corrected chi connectivity index (χ2v) is 3.22. The smallest absolute Gasteiger partial charge is 0.239 e. The molecule has 0 spiro atoms. The zero-order valence-corrected chi connectivity index (χ0v) is 8.52. The van der Waals surface area contributed by atoms with Crippen LogP contribution in [0.25, 0.3) is 0 Å². The molecule has 0 heterocycles. The van der Waals surface area contributed by atoms with E-state index in [0.29, 0.717) is 6.54 Å². The summed E-state index contributed by atoms with van der Waals surface area (Å²) in [4.78, 5) is 22.0. The second-order valence-electron chi connectivity index (χ2n) is 3.22. The molecular formula is C9H18N2O2. The van der Waals surface area contributed by atoms with Crippen molar-refractivity contribution in [3.63, 3.8) is 0 Å². The van der Waals surface area contributed by atoms with E-state index in [4.69, 9.17) is 0 Å². The van der Waals surface area contributed by atoms with E-state index in [9.17, 15) is 9.59 Å². The standard InChI is InChI=1S/C9H18N2O2/c1-4-5-10-8(12)6-11-9(13)7(2)3/h7H,4-6H2,1-3H3,(H,10,12)(H,11,13). The summed E-state index contributed by atoms with van der Waals surface area (Å²) in [5, 5.41) is 5.21. The number of carbonyl (C=O) groups excluding carboxylic acids is 2. The summed E-state index contributed by atoms with van der Waals surface area (Å²) in [7, 11) is 0. The van der Waals surface area contributed by atoms with Crippen LogP contribution >= 0.6 is 0 Å². The largest absolute Gasteiger partial charge is 0.355 e. The molecule has 13 heavy (non-hydrogen) atoms. The Hall–Kier alpha value is -1.06. The Labute approximate surface area is 79.1 Å². The van der Waals surface area contributed by atoms with Crippen LogP contribution in [0.2, 0.25) is 0 Å². The first-order chi connectivity index (χ1) is 6.07. The van der Waals surface area contributed by atoms with Gasteiger partial charge in [-0.15, -0.1) is 0 Å². The predicted octanol–water partition coefficient (Wildman–Crippen LogP) is 0.285. The van der Waals surface area contributed by atoms with Gasteiger partial charge in [0, 0.05) is 12.5 Å². The fraction of sp³-hybridized carbons (Fsp3) is 0.778. The lowest BCUT2D eigenvalue weighted by Gasteiger charge is -2.07. The van der Waals surface area contributed by atoms with Crippen LogP contribution < -0.4 is 10.6 Å². The molecule has 0 aliphatic rings. The van der Waals surface area contributed by atoms with Crippen LogP contribution in [-0.4, -0.2) is 24.9 Å². The molecule has 0 fully saturated rings. The maximum absolute atomic E-state index is 11.0. The molecule has 4 nitrogen and oxygen atoms in total. The normalized spacial score (nSPS) is 9.85. The van der Waals surface area contributed by atoms with Crippen LogP contribution in [0.15, 0.2) is 0 Å². The van der Waals surface area contributed by atoms with Gasteiger partial charge in [-0.2, -0.15) is 0 Å². The number of carbonyl (C=O) groups is 2. The van der Waals surface area contributed by atoms with Crippen molar-refractivity contribution in [1.29, 1.82) is 0 Å². The summed E-state index contributed by atoms with van der Waals surface area (Å²) in [5.41, 5.74) is 0. The van der Waals surface area contributed by atoms with Crippen LogP contribution in [0.5, 0.6) is 0 Å². The fourth-order valence-electron chi connectivity index (χ4n) is 0.698. The zero-order valence-electron chi connectivity index (χ0n) is 8.52. The summed E-state index contributed by atoms with van der Waals surface area (Å²) < 4.78 is 0. The molecule has 0 aromatic heterocycles. The van der Waals surface area contributed by atoms with Gasteiger partial charge in [0.15, 0.2) is 0 Å². The van der Waals surface area contributed by atoms with Gasteiger partial charge in [0.25, 0.3) is 0 Å². The molecule has 0 aromatic rings. The van der Waals surface area contributed by atoms with Crippen molar-refractivity contribution in [3.8, 4) is 0 Å². The van der Waals surface area contributed by atoms with Crippen molar-refractivity contribution in [2.75, 3.05) is 13.1 Å². The minimum atomic E-state index is -0.129. The molecule has 0 aliphatic carbocycles. The Morgan fingerprint density at radius 2 is 1.85 bits per heavy atom. The molecular weight excluding hydrogens is 168 g/mol. The molecule has 0 unspecified atom stereocenters. The average Bonchev–Trinajstić information content (AvgIpc) is 2.10. The Morgan fingerprint density at radius 1 is 1.23 bits per heavy atom. The molecule has 2 amide bonds. The molecule has 76 valence electrons. The molecule has 0 aliphatic heterocycles. The van der Waals surface area contributed by atoms with E-state index in [1.54, 1.807) is 13.8 Å². The average molecular weight is 186 g/mol. The third-order valence-corrected chi connectivity index (χ3v) is 1.52. The van der Waals surface area contributed by atoms with Crippen molar-refractivity contribution < 1.29 is 9.59 Å². The summed E-state index contributed by atoms with van der Waals surface area (Å²) in [5.74, 6) is -0.290. The van der Waals surface area contributed by atoms with Gasteiger partial charge < -0.3 is 10.6 Å². The predicted molar refractivity (Wildman–Crippen MR) is 51.1 cm³/mol. The molecule has 0 bridgehead atoms. The van der Waals surface area contributed by atoms with Crippen LogP contribution in [0.1, 0.15) is 27.2 Å². The van der Waals surface area contributed by atoms with Gasteiger partial charge in [-0.3, -0.25) is 9.59 Å². The molecule has 2 N–H and O–H groups in total. The van der Waals surface area contributed by atoms with Gasteiger partial charge in [-0.25, -0.2) is 0 Å². The zero-order chi connectivity index (χ0) is 10.3. The minimum Gasteiger partial charge on any atom is -0.355 e. The molecule has 0 aromatic carbocycles. The van der Waals surface area contributed by atoms with E-state index in [-0.39, 0.29) is 24.3 Å². The van der Waals surface area contributed by atoms with Gasteiger partial charge in [-0.1, -0.05) is 20.8 Å². The Balaban J connectivity index is 3.52. The van der Waals surface area contributed by atoms with Crippen molar-refractivity contribution in [1.82, 2.24) is 10.6 Å². The van der Waals surface area contributed by atoms with E-state index < -0.39 is 0 Å². The SMILES string of the molecule is CCCNC(=O)CNC(=O)C(C)C. The van der Waals surface area contributed by atoms with Gasteiger partial charge in [-0.05, 0) is 6.42 Å². The quantitative estimate of drug-likeness (QED) is 0.648. The van der Waals surface area contributed by atoms with Gasteiger partial charge in [0.1, 0.15) is 0 Å². The van der Waals surface area contributed by atoms with Crippen LogP contribution in [0, 0.1) is 5.92 Å². The lowest BCUT2D eigenvalue weighted by atomic mass is 10.2. The number of hydrogen-bond acceptors (Lipinski definition) is 2. The molecule has 4 heteroatoms. The van der Waals surface area contributed by atoms with E-state index in [1.807, 2.05) is 6.92 Å². The first-order valence-corrected chi connectivity index (χ1v) is 4.62.